The van der Waals surface area contributed by atoms with Gasteiger partial charge in [-0.05, 0) is 24.3 Å². The topological polar surface area (TPSA) is 251 Å². The van der Waals surface area contributed by atoms with E-state index in [1.807, 2.05) is 0 Å². The van der Waals surface area contributed by atoms with Gasteiger partial charge in [-0.15, -0.1) is 0 Å². The third-order valence-electron chi connectivity index (χ3n) is 5.32. The van der Waals surface area contributed by atoms with Crippen LogP contribution in [0.25, 0.3) is 22.3 Å². The van der Waals surface area contributed by atoms with Gasteiger partial charge in [0.15, 0.2) is 29.0 Å². The zero-order valence-electron chi connectivity index (χ0n) is 18.2. The number of benzene rings is 2. The standard InChI is InChI=1S/C21H18O15S/c22-8-3-1-7(2-4-8)12-6-10(24)13-9(23)5-11(25)16(17(13)33-12)34-21-19(36-37(30,31)32)15(27)14(26)18(35-21)20(28)29/h1-6,14-15,18-19,21-23,25-27H,(H,28,29)(H,30,31,32)/t14-,15-,18?,19?,21+/m0/s1. The number of hydrogen-bond acceptors (Lipinski definition) is 13. The van der Waals surface area contributed by atoms with Crippen molar-refractivity contribution in [1.29, 1.82) is 0 Å². The zero-order valence-corrected chi connectivity index (χ0v) is 19.0. The number of phenols is 3. The molecule has 2 heterocycles. The maximum absolute atomic E-state index is 12.8. The molecule has 1 aliphatic heterocycles. The molecule has 1 aliphatic rings. The lowest BCUT2D eigenvalue weighted by molar-refractivity contribution is -0.265. The van der Waals surface area contributed by atoms with Crippen LogP contribution in [0.2, 0.25) is 0 Å². The molecule has 198 valence electrons. The van der Waals surface area contributed by atoms with E-state index in [4.69, 9.17) is 18.4 Å². The molecular weight excluding hydrogens is 524 g/mol. The predicted molar refractivity (Wildman–Crippen MR) is 118 cm³/mol. The molecule has 0 radical (unpaired) electrons. The van der Waals surface area contributed by atoms with Gasteiger partial charge < -0.3 is 44.5 Å². The molecule has 0 amide bonds. The average Bonchev–Trinajstić information content (AvgIpc) is 2.79. The van der Waals surface area contributed by atoms with Crippen molar-refractivity contribution in [1.82, 2.24) is 0 Å². The van der Waals surface area contributed by atoms with E-state index in [1.165, 1.54) is 24.3 Å². The number of carbonyl (C=O) groups is 1. The van der Waals surface area contributed by atoms with Crippen LogP contribution in [0.4, 0.5) is 0 Å². The van der Waals surface area contributed by atoms with Crippen LogP contribution in [-0.2, 0) is 24.1 Å². The Morgan fingerprint density at radius 3 is 2.22 bits per heavy atom. The molecule has 4 rings (SSSR count). The summed E-state index contributed by atoms with van der Waals surface area (Å²) in [5, 5.41) is 59.2. The first-order chi connectivity index (χ1) is 17.3. The third kappa shape index (κ3) is 5.15. The van der Waals surface area contributed by atoms with Crippen molar-refractivity contribution in [3.8, 4) is 34.3 Å². The van der Waals surface area contributed by atoms with Crippen molar-refractivity contribution < 1.29 is 66.5 Å². The second-order valence-corrected chi connectivity index (χ2v) is 8.87. The van der Waals surface area contributed by atoms with Crippen LogP contribution < -0.4 is 10.2 Å². The quantitative estimate of drug-likeness (QED) is 0.197. The number of aromatic hydroxyl groups is 3. The molecule has 7 N–H and O–H groups in total. The van der Waals surface area contributed by atoms with Crippen molar-refractivity contribution in [2.45, 2.75) is 30.7 Å². The number of fused-ring (bicyclic) bond motifs is 1. The predicted octanol–water partition coefficient (Wildman–Crippen LogP) is -0.325. The Labute approximate surface area is 205 Å². The lowest BCUT2D eigenvalue weighted by Gasteiger charge is -2.39. The summed E-state index contributed by atoms with van der Waals surface area (Å²) in [6, 6.07) is 6.95. The molecule has 0 spiro atoms. The van der Waals surface area contributed by atoms with E-state index in [-0.39, 0.29) is 17.1 Å². The smallest absolute Gasteiger partial charge is 0.397 e. The number of aliphatic hydroxyl groups excluding tert-OH is 2. The van der Waals surface area contributed by atoms with Gasteiger partial charge in [-0.1, -0.05) is 0 Å². The van der Waals surface area contributed by atoms with E-state index in [0.717, 1.165) is 6.07 Å². The minimum atomic E-state index is -5.33. The first-order valence-electron chi connectivity index (χ1n) is 10.2. The summed E-state index contributed by atoms with van der Waals surface area (Å²) in [6.45, 7) is 0. The molecule has 15 nitrogen and oxygen atoms in total. The van der Waals surface area contributed by atoms with Gasteiger partial charge in [0.1, 0.15) is 34.9 Å². The molecule has 0 bridgehead atoms. The van der Waals surface area contributed by atoms with Crippen molar-refractivity contribution >= 4 is 27.3 Å². The Hall–Kier alpha value is -3.93. The fraction of sp³-hybridized carbons (Fsp3) is 0.238. The molecule has 2 unspecified atom stereocenters. The van der Waals surface area contributed by atoms with Gasteiger partial charge >= 0.3 is 16.4 Å². The largest absolute Gasteiger partial charge is 0.508 e. The summed E-state index contributed by atoms with van der Waals surface area (Å²) in [4.78, 5) is 24.3. The van der Waals surface area contributed by atoms with Crippen LogP contribution in [0.5, 0.6) is 23.0 Å². The van der Waals surface area contributed by atoms with Gasteiger partial charge in [0.2, 0.25) is 12.0 Å². The van der Waals surface area contributed by atoms with Crippen LogP contribution in [0, 0.1) is 0 Å². The molecule has 37 heavy (non-hydrogen) atoms. The number of phenolic OH excluding ortho intramolecular Hbond substituents is 3. The van der Waals surface area contributed by atoms with E-state index in [0.29, 0.717) is 6.07 Å². The van der Waals surface area contributed by atoms with Gasteiger partial charge in [0.05, 0.1) is 0 Å². The molecule has 1 aromatic heterocycles. The summed E-state index contributed by atoms with van der Waals surface area (Å²) < 4.78 is 52.1. The second-order valence-electron chi connectivity index (χ2n) is 7.82. The highest BCUT2D eigenvalue weighted by Crippen LogP contribution is 2.42. The Morgan fingerprint density at radius 1 is 0.973 bits per heavy atom. The Morgan fingerprint density at radius 2 is 1.62 bits per heavy atom. The highest BCUT2D eigenvalue weighted by molar-refractivity contribution is 7.80. The zero-order chi connectivity index (χ0) is 27.2. The maximum atomic E-state index is 12.8. The molecule has 1 fully saturated rings. The van der Waals surface area contributed by atoms with Crippen LogP contribution >= 0.6 is 0 Å². The second kappa shape index (κ2) is 9.51. The Kier molecular flexibility index (Phi) is 6.72. The number of rotatable bonds is 6. The fourth-order valence-corrected chi connectivity index (χ4v) is 4.14. The molecule has 2 aromatic carbocycles. The normalized spacial score (nSPS) is 24.1. The Balaban J connectivity index is 1.87. The van der Waals surface area contributed by atoms with Crippen LogP contribution in [0.3, 0.4) is 0 Å². The van der Waals surface area contributed by atoms with Crippen molar-refractivity contribution in [3.05, 3.63) is 46.6 Å². The van der Waals surface area contributed by atoms with E-state index in [9.17, 15) is 48.6 Å². The van der Waals surface area contributed by atoms with E-state index >= 15 is 0 Å². The van der Waals surface area contributed by atoms with E-state index < -0.39 is 80.7 Å². The molecule has 3 aromatic rings. The van der Waals surface area contributed by atoms with Crippen molar-refractivity contribution in [2.75, 3.05) is 0 Å². The van der Waals surface area contributed by atoms with Crippen molar-refractivity contribution in [3.63, 3.8) is 0 Å². The van der Waals surface area contributed by atoms with Crippen LogP contribution in [-0.4, -0.2) is 80.3 Å². The monoisotopic (exact) mass is 542 g/mol. The molecule has 16 heteroatoms. The van der Waals surface area contributed by atoms with Gasteiger partial charge in [0, 0.05) is 17.7 Å². The number of carboxylic acids is 1. The molecule has 5 atom stereocenters. The highest BCUT2D eigenvalue weighted by atomic mass is 32.3. The van der Waals surface area contributed by atoms with E-state index in [2.05, 4.69) is 4.18 Å². The van der Waals surface area contributed by atoms with Gasteiger partial charge in [-0.3, -0.25) is 9.35 Å². The van der Waals surface area contributed by atoms with Crippen molar-refractivity contribution in [2.24, 2.45) is 0 Å². The molecular formula is C21H18O15S. The number of carboxylic acid groups (broad SMARTS) is 1. The minimum absolute atomic E-state index is 0.0979. The van der Waals surface area contributed by atoms with Gasteiger partial charge in [-0.2, -0.15) is 8.42 Å². The minimum Gasteiger partial charge on any atom is -0.508 e. The number of aliphatic carboxylic acids is 1. The van der Waals surface area contributed by atoms with Crippen LogP contribution in [0.1, 0.15) is 0 Å². The first-order valence-corrected chi connectivity index (χ1v) is 11.5. The third-order valence-corrected chi connectivity index (χ3v) is 5.79. The summed E-state index contributed by atoms with van der Waals surface area (Å²) in [7, 11) is -5.33. The maximum Gasteiger partial charge on any atom is 0.397 e. The summed E-state index contributed by atoms with van der Waals surface area (Å²) in [5.74, 6) is -4.47. The summed E-state index contributed by atoms with van der Waals surface area (Å²) >= 11 is 0. The summed E-state index contributed by atoms with van der Waals surface area (Å²) in [5.41, 5.74) is -1.19. The van der Waals surface area contributed by atoms with Gasteiger partial charge in [0.25, 0.3) is 0 Å². The Bertz CT molecular complexity index is 1510. The highest BCUT2D eigenvalue weighted by Gasteiger charge is 2.51. The average molecular weight is 542 g/mol. The first kappa shape index (κ1) is 26.1. The lowest BCUT2D eigenvalue weighted by Crippen LogP contribution is -2.62. The van der Waals surface area contributed by atoms with Crippen LogP contribution in [0.15, 0.2) is 45.6 Å². The molecule has 1 saturated heterocycles. The molecule has 0 saturated carbocycles. The molecule has 0 aliphatic carbocycles. The fourth-order valence-electron chi connectivity index (χ4n) is 3.66. The number of ether oxygens (including phenoxy) is 2. The number of hydrogen-bond donors (Lipinski definition) is 7. The SMILES string of the molecule is O=C(O)C1O[C@@H](Oc2c(O)cc(O)c3c(=O)cc(-c4ccc(O)cc4)oc23)C(OS(=O)(=O)O)[C@@H](O)[C@@H]1O. The summed E-state index contributed by atoms with van der Waals surface area (Å²) in [6.07, 6.45) is -11.3. The van der Waals surface area contributed by atoms with E-state index in [1.54, 1.807) is 0 Å². The van der Waals surface area contributed by atoms with Gasteiger partial charge in [-0.25, -0.2) is 8.98 Å². The number of aliphatic hydroxyl groups is 2. The lowest BCUT2D eigenvalue weighted by atomic mass is 9.99.